The number of ether oxygens (including phenoxy) is 3. The maximum atomic E-state index is 13.1. The van der Waals surface area contributed by atoms with Crippen LogP contribution in [0.25, 0.3) is 5.76 Å². The van der Waals surface area contributed by atoms with Crippen molar-refractivity contribution in [1.29, 1.82) is 0 Å². The minimum atomic E-state index is -0.961. The maximum Gasteiger partial charge on any atom is 0.295 e. The van der Waals surface area contributed by atoms with Crippen molar-refractivity contribution in [3.63, 3.8) is 0 Å². The Morgan fingerprint density at radius 1 is 1.17 bits per heavy atom. The average Bonchev–Trinajstić information content (AvgIpc) is 3.08. The van der Waals surface area contributed by atoms with Crippen molar-refractivity contribution in [1.82, 2.24) is 4.90 Å². The quantitative estimate of drug-likeness (QED) is 0.177. The number of nitro benzene ring substituents is 1. The van der Waals surface area contributed by atoms with Crippen LogP contribution in [0.1, 0.15) is 37.9 Å². The van der Waals surface area contributed by atoms with E-state index in [0.717, 1.165) is 6.07 Å². The largest absolute Gasteiger partial charge is 0.507 e. The zero-order valence-electron chi connectivity index (χ0n) is 20.0. The summed E-state index contributed by atoms with van der Waals surface area (Å²) in [5, 5.41) is 22.3. The highest BCUT2D eigenvalue weighted by atomic mass is 16.6. The van der Waals surface area contributed by atoms with Crippen LogP contribution in [0.5, 0.6) is 11.5 Å². The highest BCUT2D eigenvalue weighted by Crippen LogP contribution is 2.42. The van der Waals surface area contributed by atoms with Gasteiger partial charge in [-0.2, -0.15) is 0 Å². The summed E-state index contributed by atoms with van der Waals surface area (Å²) in [5.41, 5.74) is 0.130. The number of aliphatic hydroxyl groups excluding tert-OH is 1. The lowest BCUT2D eigenvalue weighted by Crippen LogP contribution is -2.32. The summed E-state index contributed by atoms with van der Waals surface area (Å²) in [6, 6.07) is 9.34. The number of aliphatic hydroxyl groups is 1. The van der Waals surface area contributed by atoms with Gasteiger partial charge < -0.3 is 24.2 Å². The van der Waals surface area contributed by atoms with Gasteiger partial charge in [-0.05, 0) is 38.5 Å². The molecule has 0 spiro atoms. The molecule has 10 nitrogen and oxygen atoms in total. The van der Waals surface area contributed by atoms with Crippen LogP contribution in [0, 0.1) is 10.1 Å². The van der Waals surface area contributed by atoms with Gasteiger partial charge in [0.2, 0.25) is 0 Å². The standard InChI is InChI=1S/C25H28N2O8/c1-5-34-20-14-16(9-10-19(20)35-15(2)3)22-21(24(29)25(30)26(22)11-12-33-4)23(28)17-7-6-8-18(13-17)27(31)32/h6-10,13-15,22,28H,5,11-12H2,1-4H3/b23-21+. The molecule has 10 heteroatoms. The second-order valence-electron chi connectivity index (χ2n) is 8.10. The van der Waals surface area contributed by atoms with Crippen LogP contribution in [-0.2, 0) is 14.3 Å². The fraction of sp³-hybridized carbons (Fsp3) is 0.360. The number of benzene rings is 2. The van der Waals surface area contributed by atoms with Gasteiger partial charge >= 0.3 is 0 Å². The molecule has 1 aliphatic rings. The third-order valence-corrected chi connectivity index (χ3v) is 5.35. The zero-order chi connectivity index (χ0) is 25.7. The van der Waals surface area contributed by atoms with Crippen LogP contribution in [0.15, 0.2) is 48.0 Å². The van der Waals surface area contributed by atoms with Crippen molar-refractivity contribution in [3.8, 4) is 11.5 Å². The van der Waals surface area contributed by atoms with Gasteiger partial charge in [0.05, 0.1) is 35.9 Å². The predicted octanol–water partition coefficient (Wildman–Crippen LogP) is 3.85. The molecular weight excluding hydrogens is 456 g/mol. The van der Waals surface area contributed by atoms with E-state index in [1.807, 2.05) is 20.8 Å². The molecule has 1 atom stereocenters. The normalized spacial score (nSPS) is 17.2. The predicted molar refractivity (Wildman–Crippen MR) is 127 cm³/mol. The highest BCUT2D eigenvalue weighted by molar-refractivity contribution is 6.46. The van der Waals surface area contributed by atoms with E-state index in [9.17, 15) is 24.8 Å². The molecule has 2 aromatic carbocycles. The van der Waals surface area contributed by atoms with Crippen molar-refractivity contribution in [3.05, 3.63) is 69.3 Å². The molecule has 1 unspecified atom stereocenters. The first-order valence-corrected chi connectivity index (χ1v) is 11.1. The second kappa shape index (κ2) is 11.0. The van der Waals surface area contributed by atoms with Crippen LogP contribution in [-0.4, -0.2) is 59.6 Å². The minimum Gasteiger partial charge on any atom is -0.507 e. The minimum absolute atomic E-state index is 0.0544. The van der Waals surface area contributed by atoms with Gasteiger partial charge in [0.1, 0.15) is 5.76 Å². The molecule has 0 saturated carbocycles. The number of hydrogen-bond acceptors (Lipinski definition) is 8. The van der Waals surface area contributed by atoms with Crippen LogP contribution in [0.4, 0.5) is 5.69 Å². The van der Waals surface area contributed by atoms with Gasteiger partial charge in [0.15, 0.2) is 11.5 Å². The van der Waals surface area contributed by atoms with Crippen LogP contribution in [0.2, 0.25) is 0 Å². The summed E-state index contributed by atoms with van der Waals surface area (Å²) < 4.78 is 16.7. The molecule has 0 bridgehead atoms. The van der Waals surface area contributed by atoms with Crippen molar-refractivity contribution < 1.29 is 33.8 Å². The smallest absolute Gasteiger partial charge is 0.295 e. The van der Waals surface area contributed by atoms with Crippen molar-refractivity contribution in [2.45, 2.75) is 32.9 Å². The topological polar surface area (TPSA) is 128 Å². The van der Waals surface area contributed by atoms with Gasteiger partial charge in [0, 0.05) is 31.4 Å². The number of ketones is 1. The molecule has 0 radical (unpaired) electrons. The molecule has 1 N–H and O–H groups in total. The fourth-order valence-corrected chi connectivity index (χ4v) is 3.88. The Balaban J connectivity index is 2.20. The highest BCUT2D eigenvalue weighted by Gasteiger charge is 2.46. The number of methoxy groups -OCH3 is 1. The number of carbonyl (C=O) groups is 2. The Hall–Kier alpha value is -3.92. The number of Topliss-reactive ketones (excluding diaryl/α,β-unsaturated/α-hetero) is 1. The Morgan fingerprint density at radius 2 is 1.91 bits per heavy atom. The molecule has 1 fully saturated rings. The first-order valence-electron chi connectivity index (χ1n) is 11.1. The Morgan fingerprint density at radius 3 is 2.54 bits per heavy atom. The number of non-ortho nitro benzene ring substituents is 1. The summed E-state index contributed by atoms with van der Waals surface area (Å²) in [4.78, 5) is 38.0. The molecule has 1 aliphatic heterocycles. The number of likely N-dealkylation sites (tertiary alicyclic amines) is 1. The summed E-state index contributed by atoms with van der Waals surface area (Å²) in [6.07, 6.45) is -0.110. The molecule has 186 valence electrons. The molecule has 0 aliphatic carbocycles. The molecular formula is C25H28N2O8. The molecule has 35 heavy (non-hydrogen) atoms. The lowest BCUT2D eigenvalue weighted by molar-refractivity contribution is -0.384. The SMILES string of the molecule is CCOc1cc(C2/C(=C(\O)c3cccc([N+](=O)[O-])c3)C(=O)C(=O)N2CCOC)ccc1OC(C)C. The monoisotopic (exact) mass is 484 g/mol. The van der Waals surface area contributed by atoms with Gasteiger partial charge in [-0.15, -0.1) is 0 Å². The van der Waals surface area contributed by atoms with E-state index in [1.54, 1.807) is 18.2 Å². The Labute approximate surface area is 202 Å². The number of carbonyl (C=O) groups excluding carboxylic acids is 2. The first-order chi connectivity index (χ1) is 16.7. The van der Waals surface area contributed by atoms with Crippen molar-refractivity contribution in [2.75, 3.05) is 26.9 Å². The van der Waals surface area contributed by atoms with Crippen LogP contribution in [0.3, 0.4) is 0 Å². The number of amides is 1. The number of hydrogen-bond donors (Lipinski definition) is 1. The van der Waals surface area contributed by atoms with E-state index >= 15 is 0 Å². The Kier molecular flexibility index (Phi) is 8.08. The van der Waals surface area contributed by atoms with Gasteiger partial charge in [-0.3, -0.25) is 19.7 Å². The summed E-state index contributed by atoms with van der Waals surface area (Å²) in [7, 11) is 1.47. The lowest BCUT2D eigenvalue weighted by atomic mass is 9.95. The van der Waals surface area contributed by atoms with Gasteiger partial charge in [-0.25, -0.2) is 0 Å². The average molecular weight is 485 g/mol. The van der Waals surface area contributed by atoms with Crippen LogP contribution < -0.4 is 9.47 Å². The molecule has 3 rings (SSSR count). The van der Waals surface area contributed by atoms with E-state index in [4.69, 9.17) is 14.2 Å². The van der Waals surface area contributed by atoms with Crippen molar-refractivity contribution in [2.24, 2.45) is 0 Å². The molecule has 1 heterocycles. The number of rotatable bonds is 10. The Bertz CT molecular complexity index is 1160. The summed E-state index contributed by atoms with van der Waals surface area (Å²) in [5.74, 6) is -1.28. The lowest BCUT2D eigenvalue weighted by Gasteiger charge is -2.26. The second-order valence-corrected chi connectivity index (χ2v) is 8.10. The summed E-state index contributed by atoms with van der Waals surface area (Å²) >= 11 is 0. The maximum absolute atomic E-state index is 13.1. The summed E-state index contributed by atoms with van der Waals surface area (Å²) in [6.45, 7) is 6.18. The molecule has 2 aromatic rings. The van der Waals surface area contributed by atoms with E-state index in [0.29, 0.717) is 23.7 Å². The van der Waals surface area contributed by atoms with Crippen LogP contribution >= 0.6 is 0 Å². The fourth-order valence-electron chi connectivity index (χ4n) is 3.88. The third-order valence-electron chi connectivity index (χ3n) is 5.35. The molecule has 0 aromatic heterocycles. The number of nitro groups is 1. The van der Waals surface area contributed by atoms with E-state index in [1.165, 1.54) is 30.2 Å². The van der Waals surface area contributed by atoms with Gasteiger partial charge in [-0.1, -0.05) is 18.2 Å². The number of nitrogens with zero attached hydrogens (tertiary/aromatic N) is 2. The van der Waals surface area contributed by atoms with E-state index < -0.39 is 28.4 Å². The van der Waals surface area contributed by atoms with E-state index in [-0.39, 0.29) is 36.1 Å². The zero-order valence-corrected chi connectivity index (χ0v) is 20.0. The molecule has 1 saturated heterocycles. The van der Waals surface area contributed by atoms with Crippen molar-refractivity contribution >= 4 is 23.1 Å². The van der Waals surface area contributed by atoms with Gasteiger partial charge in [0.25, 0.3) is 17.4 Å². The molecule has 1 amide bonds. The van der Waals surface area contributed by atoms with E-state index in [2.05, 4.69) is 0 Å². The third kappa shape index (κ3) is 5.43. The first kappa shape index (κ1) is 25.7.